The quantitative estimate of drug-likeness (QED) is 0.459. The molecule has 3 heterocycles. The fourth-order valence-corrected chi connectivity index (χ4v) is 3.61. The molecule has 2 aromatic carbocycles. The Balaban J connectivity index is 1.52. The third kappa shape index (κ3) is 4.29. The number of nitrogens with zero attached hydrogens (tertiary/aromatic N) is 3. The first-order valence-electron chi connectivity index (χ1n) is 10.5. The van der Waals surface area contributed by atoms with E-state index in [1.54, 1.807) is 0 Å². The minimum atomic E-state index is 0.643. The summed E-state index contributed by atoms with van der Waals surface area (Å²) in [6.07, 6.45) is 0. The van der Waals surface area contributed by atoms with Crippen LogP contribution in [0.2, 0.25) is 0 Å². The fraction of sp³-hybridized carbons (Fsp3) is 0.261. The van der Waals surface area contributed by atoms with Crippen molar-refractivity contribution in [2.24, 2.45) is 0 Å². The molecule has 8 nitrogen and oxygen atoms in total. The second-order valence-corrected chi connectivity index (χ2v) is 7.80. The number of aromatic amines is 2. The Morgan fingerprint density at radius 3 is 2.13 bits per heavy atom. The number of imidazole rings is 1. The molecular formula is C23H26N7O+. The van der Waals surface area contributed by atoms with E-state index in [1.807, 2.05) is 24.3 Å². The van der Waals surface area contributed by atoms with E-state index in [0.717, 1.165) is 35.8 Å². The highest BCUT2D eigenvalue weighted by molar-refractivity contribution is 5.85. The number of rotatable bonds is 5. The fourth-order valence-electron chi connectivity index (χ4n) is 3.61. The molecule has 8 heteroatoms. The molecular weight excluding hydrogens is 390 g/mol. The van der Waals surface area contributed by atoms with Gasteiger partial charge in [0.15, 0.2) is 5.52 Å². The van der Waals surface area contributed by atoms with E-state index in [-0.39, 0.29) is 0 Å². The highest BCUT2D eigenvalue weighted by Crippen LogP contribution is 2.25. The summed E-state index contributed by atoms with van der Waals surface area (Å²) in [4.78, 5) is 18.5. The normalized spacial score (nSPS) is 14.1. The van der Waals surface area contributed by atoms with Crippen LogP contribution in [0, 0.1) is 13.8 Å². The number of morpholine rings is 1. The van der Waals surface area contributed by atoms with Crippen LogP contribution in [0.15, 0.2) is 48.5 Å². The van der Waals surface area contributed by atoms with E-state index in [9.17, 15) is 0 Å². The second kappa shape index (κ2) is 8.23. The molecule has 0 saturated carbocycles. The molecule has 0 radical (unpaired) electrons. The van der Waals surface area contributed by atoms with Crippen molar-refractivity contribution in [2.75, 3.05) is 41.8 Å². The van der Waals surface area contributed by atoms with E-state index in [2.05, 4.69) is 63.6 Å². The van der Waals surface area contributed by atoms with E-state index in [4.69, 9.17) is 14.7 Å². The Kier molecular flexibility index (Phi) is 5.13. The number of aryl methyl sites for hydroxylation is 2. The second-order valence-electron chi connectivity index (χ2n) is 7.80. The lowest BCUT2D eigenvalue weighted by atomic mass is 10.2. The van der Waals surface area contributed by atoms with E-state index in [0.29, 0.717) is 30.8 Å². The zero-order valence-corrected chi connectivity index (χ0v) is 17.7. The summed E-state index contributed by atoms with van der Waals surface area (Å²) in [5.41, 5.74) is 5.88. The van der Waals surface area contributed by atoms with Crippen LogP contribution in [-0.2, 0) is 4.74 Å². The molecule has 1 aliphatic rings. The van der Waals surface area contributed by atoms with Gasteiger partial charge in [0.05, 0.1) is 32.0 Å². The number of hydrogen-bond acceptors (Lipinski definition) is 6. The molecule has 0 bridgehead atoms. The average Bonchev–Trinajstić information content (AvgIpc) is 3.19. The molecule has 0 aliphatic carbocycles. The topological polar surface area (TPSA) is 92.2 Å². The van der Waals surface area contributed by atoms with E-state index >= 15 is 0 Å². The van der Waals surface area contributed by atoms with Gasteiger partial charge >= 0.3 is 5.95 Å². The van der Waals surface area contributed by atoms with Crippen LogP contribution in [-0.4, -0.2) is 41.3 Å². The van der Waals surface area contributed by atoms with Crippen molar-refractivity contribution in [3.8, 4) is 0 Å². The molecule has 31 heavy (non-hydrogen) atoms. The van der Waals surface area contributed by atoms with Crippen molar-refractivity contribution in [1.29, 1.82) is 0 Å². The zero-order valence-electron chi connectivity index (χ0n) is 17.7. The number of ether oxygens (including phenoxy) is 1. The Morgan fingerprint density at radius 1 is 0.871 bits per heavy atom. The Bertz CT molecular complexity index is 1180. The highest BCUT2D eigenvalue weighted by Gasteiger charge is 2.24. The molecule has 0 unspecified atom stereocenters. The van der Waals surface area contributed by atoms with Gasteiger partial charge in [0.2, 0.25) is 17.4 Å². The monoisotopic (exact) mass is 416 g/mol. The van der Waals surface area contributed by atoms with Gasteiger partial charge in [-0.25, -0.2) is 4.98 Å². The minimum absolute atomic E-state index is 0.643. The predicted molar refractivity (Wildman–Crippen MR) is 122 cm³/mol. The van der Waals surface area contributed by atoms with Gasteiger partial charge in [-0.15, -0.1) is 0 Å². The Hall–Kier alpha value is -3.65. The molecule has 158 valence electrons. The van der Waals surface area contributed by atoms with Gasteiger partial charge < -0.3 is 19.9 Å². The van der Waals surface area contributed by atoms with Gasteiger partial charge in [-0.2, -0.15) is 4.98 Å². The summed E-state index contributed by atoms with van der Waals surface area (Å²) in [6, 6.07) is 16.4. The molecule has 4 N–H and O–H groups in total. The maximum Gasteiger partial charge on any atom is 0.351 e. The summed E-state index contributed by atoms with van der Waals surface area (Å²) < 4.78 is 5.54. The van der Waals surface area contributed by atoms with Gasteiger partial charge in [0.1, 0.15) is 0 Å². The summed E-state index contributed by atoms with van der Waals surface area (Å²) in [5, 5.41) is 6.71. The molecule has 2 aromatic heterocycles. The van der Waals surface area contributed by atoms with Crippen molar-refractivity contribution in [3.05, 3.63) is 59.7 Å². The molecule has 1 fully saturated rings. The first-order valence-corrected chi connectivity index (χ1v) is 10.5. The molecule has 5 rings (SSSR count). The summed E-state index contributed by atoms with van der Waals surface area (Å²) in [5.74, 6) is 2.25. The van der Waals surface area contributed by atoms with Gasteiger partial charge in [-0.3, -0.25) is 5.32 Å². The number of H-pyrrole nitrogens is 2. The zero-order chi connectivity index (χ0) is 21.2. The smallest absolute Gasteiger partial charge is 0.351 e. The molecule has 0 atom stereocenters. The lowest BCUT2D eigenvalue weighted by Crippen LogP contribution is -2.40. The third-order valence-corrected chi connectivity index (χ3v) is 5.33. The van der Waals surface area contributed by atoms with Gasteiger partial charge in [-0.05, 0) is 38.1 Å². The number of aromatic nitrogens is 4. The Morgan fingerprint density at radius 2 is 1.48 bits per heavy atom. The molecule has 0 spiro atoms. The largest absolute Gasteiger partial charge is 0.376 e. The Labute approximate surface area is 180 Å². The van der Waals surface area contributed by atoms with Gasteiger partial charge in [-0.1, -0.05) is 40.4 Å². The third-order valence-electron chi connectivity index (χ3n) is 5.33. The van der Waals surface area contributed by atoms with Crippen LogP contribution < -0.4 is 20.5 Å². The van der Waals surface area contributed by atoms with Crippen molar-refractivity contribution >= 4 is 40.3 Å². The SMILES string of the molecule is Cc1ccc(Nc2nc3nc(Nc4ccc(C)cc4)[nH+]c(N4CCOCC4)c3[nH]2)cc1. The van der Waals surface area contributed by atoms with Crippen molar-refractivity contribution in [2.45, 2.75) is 13.8 Å². The molecule has 0 amide bonds. The minimum Gasteiger partial charge on any atom is -0.376 e. The van der Waals surface area contributed by atoms with Crippen LogP contribution in [0.4, 0.5) is 29.1 Å². The molecule has 1 saturated heterocycles. The average molecular weight is 417 g/mol. The van der Waals surface area contributed by atoms with Crippen LogP contribution in [0.5, 0.6) is 0 Å². The van der Waals surface area contributed by atoms with Gasteiger partial charge in [0.25, 0.3) is 0 Å². The number of hydrogen-bond donors (Lipinski definition) is 3. The van der Waals surface area contributed by atoms with E-state index in [1.165, 1.54) is 11.1 Å². The number of fused-ring (bicyclic) bond motifs is 1. The van der Waals surface area contributed by atoms with Crippen molar-refractivity contribution in [1.82, 2.24) is 15.0 Å². The lowest BCUT2D eigenvalue weighted by Gasteiger charge is -2.24. The van der Waals surface area contributed by atoms with Crippen LogP contribution in [0.1, 0.15) is 11.1 Å². The van der Waals surface area contributed by atoms with Crippen molar-refractivity contribution in [3.63, 3.8) is 0 Å². The molecule has 1 aliphatic heterocycles. The van der Waals surface area contributed by atoms with Crippen LogP contribution in [0.3, 0.4) is 0 Å². The maximum atomic E-state index is 5.54. The summed E-state index contributed by atoms with van der Waals surface area (Å²) in [6.45, 7) is 7.14. The maximum absolute atomic E-state index is 5.54. The summed E-state index contributed by atoms with van der Waals surface area (Å²) in [7, 11) is 0. The van der Waals surface area contributed by atoms with Crippen molar-refractivity contribution < 1.29 is 9.72 Å². The highest BCUT2D eigenvalue weighted by atomic mass is 16.5. The first-order chi connectivity index (χ1) is 15.1. The molecule has 4 aromatic rings. The standard InChI is InChI=1S/C23H25N7O/c1-15-3-7-17(8-4-15)24-22-26-19-20(27-22)28-23(25-18-9-5-16(2)6-10-18)29-21(19)30-11-13-31-14-12-30/h3-10H,11-14H2,1-2H3,(H3,24,25,26,27,28,29)/p+1. The number of anilines is 5. The van der Waals surface area contributed by atoms with Crippen LogP contribution in [0.25, 0.3) is 11.2 Å². The summed E-state index contributed by atoms with van der Waals surface area (Å²) >= 11 is 0. The number of nitrogens with one attached hydrogen (secondary N) is 4. The van der Waals surface area contributed by atoms with Gasteiger partial charge in [0, 0.05) is 5.69 Å². The lowest BCUT2D eigenvalue weighted by molar-refractivity contribution is -0.349. The number of benzene rings is 2. The van der Waals surface area contributed by atoms with Crippen LogP contribution >= 0.6 is 0 Å². The van der Waals surface area contributed by atoms with E-state index < -0.39 is 0 Å². The first kappa shape index (κ1) is 19.3. The predicted octanol–water partition coefficient (Wildman–Crippen LogP) is 3.71.